The number of anilines is 1. The molecule has 4 heteroatoms. The standard InChI is InChI=1S/C18H19NO3/c1-2-22-16(20)10-9-13-6-5-11-18(12-13)14-7-3-4-8-15(14)19-17(18)21/h3-10,13H,2,11-12H2,1H3,(H,19,21)/b10-9+/t13-,18-/m1/s1. The zero-order chi connectivity index (χ0) is 15.6. The average molecular weight is 297 g/mol. The fourth-order valence-corrected chi connectivity index (χ4v) is 3.30. The van der Waals surface area contributed by atoms with Crippen LogP contribution in [0.2, 0.25) is 0 Å². The van der Waals surface area contributed by atoms with E-state index in [0.717, 1.165) is 11.3 Å². The summed E-state index contributed by atoms with van der Waals surface area (Å²) < 4.78 is 4.90. The fourth-order valence-electron chi connectivity index (χ4n) is 3.30. The van der Waals surface area contributed by atoms with E-state index in [-0.39, 0.29) is 17.8 Å². The zero-order valence-corrected chi connectivity index (χ0v) is 12.5. The first kappa shape index (κ1) is 14.6. The Bertz CT molecular complexity index is 662. The number of para-hydroxylation sites is 1. The summed E-state index contributed by atoms with van der Waals surface area (Å²) in [5.41, 5.74) is 1.43. The number of fused-ring (bicyclic) bond motifs is 2. The molecule has 1 aliphatic heterocycles. The van der Waals surface area contributed by atoms with Crippen LogP contribution < -0.4 is 5.32 Å². The van der Waals surface area contributed by atoms with E-state index in [1.165, 1.54) is 6.08 Å². The van der Waals surface area contributed by atoms with Crippen LogP contribution in [0.1, 0.15) is 25.3 Å². The molecule has 1 N–H and O–H groups in total. The van der Waals surface area contributed by atoms with Crippen molar-refractivity contribution in [1.29, 1.82) is 0 Å². The van der Waals surface area contributed by atoms with Gasteiger partial charge in [-0.05, 0) is 37.3 Å². The minimum Gasteiger partial charge on any atom is -0.463 e. The molecule has 22 heavy (non-hydrogen) atoms. The van der Waals surface area contributed by atoms with Crippen molar-refractivity contribution >= 4 is 17.6 Å². The van der Waals surface area contributed by atoms with Gasteiger partial charge in [-0.25, -0.2) is 4.79 Å². The number of rotatable bonds is 3. The van der Waals surface area contributed by atoms with E-state index in [2.05, 4.69) is 11.4 Å². The van der Waals surface area contributed by atoms with Gasteiger partial charge in [0, 0.05) is 11.8 Å². The van der Waals surface area contributed by atoms with Crippen molar-refractivity contribution in [2.45, 2.75) is 25.2 Å². The maximum Gasteiger partial charge on any atom is 0.330 e. The molecule has 0 unspecified atom stereocenters. The average Bonchev–Trinajstić information content (AvgIpc) is 2.78. The van der Waals surface area contributed by atoms with Crippen LogP contribution >= 0.6 is 0 Å². The van der Waals surface area contributed by atoms with Crippen LogP contribution in [0.5, 0.6) is 0 Å². The molecule has 2 atom stereocenters. The predicted octanol–water partition coefficient (Wildman–Crippen LogP) is 2.96. The van der Waals surface area contributed by atoms with Crippen molar-refractivity contribution in [2.75, 3.05) is 11.9 Å². The summed E-state index contributed by atoms with van der Waals surface area (Å²) in [5, 5.41) is 2.98. The molecule has 1 spiro atoms. The second-order valence-electron chi connectivity index (χ2n) is 5.69. The Kier molecular flexibility index (Phi) is 3.84. The highest BCUT2D eigenvalue weighted by Crippen LogP contribution is 2.47. The van der Waals surface area contributed by atoms with E-state index < -0.39 is 5.41 Å². The molecule has 4 nitrogen and oxygen atoms in total. The van der Waals surface area contributed by atoms with Gasteiger partial charge in [0.25, 0.3) is 0 Å². The third-order valence-electron chi connectivity index (χ3n) is 4.33. The van der Waals surface area contributed by atoms with Gasteiger partial charge in [0.05, 0.1) is 12.0 Å². The number of benzene rings is 1. The molecule has 0 saturated carbocycles. The number of ether oxygens (including phenoxy) is 1. The number of hydrogen-bond acceptors (Lipinski definition) is 3. The second kappa shape index (κ2) is 5.79. The summed E-state index contributed by atoms with van der Waals surface area (Å²) in [6.45, 7) is 2.14. The van der Waals surface area contributed by atoms with Gasteiger partial charge in [0.15, 0.2) is 0 Å². The van der Waals surface area contributed by atoms with Gasteiger partial charge in [-0.3, -0.25) is 4.79 Å². The predicted molar refractivity (Wildman–Crippen MR) is 84.4 cm³/mol. The molecule has 3 rings (SSSR count). The van der Waals surface area contributed by atoms with Crippen LogP contribution in [0, 0.1) is 5.92 Å². The Balaban J connectivity index is 1.84. The minimum absolute atomic E-state index is 0.0487. The SMILES string of the molecule is CCOC(=O)/C=C/[C@H]1C=CC[C@]2(C1)C(=O)Nc1ccccc12. The lowest BCUT2D eigenvalue weighted by molar-refractivity contribution is -0.137. The largest absolute Gasteiger partial charge is 0.463 e. The molecule has 0 radical (unpaired) electrons. The van der Waals surface area contributed by atoms with E-state index in [4.69, 9.17) is 4.74 Å². The quantitative estimate of drug-likeness (QED) is 0.530. The molecule has 0 saturated heterocycles. The minimum atomic E-state index is -0.519. The third-order valence-corrected chi connectivity index (χ3v) is 4.33. The van der Waals surface area contributed by atoms with Gasteiger partial charge in [-0.1, -0.05) is 36.4 Å². The first-order valence-electron chi connectivity index (χ1n) is 7.58. The van der Waals surface area contributed by atoms with Crippen LogP contribution in [-0.2, 0) is 19.7 Å². The molecular weight excluding hydrogens is 278 g/mol. The summed E-state index contributed by atoms with van der Waals surface area (Å²) in [5.74, 6) is -0.241. The van der Waals surface area contributed by atoms with Crippen LogP contribution in [0.15, 0.2) is 48.6 Å². The highest BCUT2D eigenvalue weighted by atomic mass is 16.5. The molecule has 1 heterocycles. The van der Waals surface area contributed by atoms with Gasteiger partial charge in [-0.2, -0.15) is 0 Å². The van der Waals surface area contributed by atoms with Gasteiger partial charge in [-0.15, -0.1) is 0 Å². The summed E-state index contributed by atoms with van der Waals surface area (Å²) in [7, 11) is 0. The Morgan fingerprint density at radius 3 is 3.09 bits per heavy atom. The molecular formula is C18H19NO3. The Hall–Kier alpha value is -2.36. The van der Waals surface area contributed by atoms with Crippen molar-refractivity contribution in [3.63, 3.8) is 0 Å². The van der Waals surface area contributed by atoms with Crippen molar-refractivity contribution in [3.8, 4) is 0 Å². The van der Waals surface area contributed by atoms with Gasteiger partial charge >= 0.3 is 5.97 Å². The molecule has 1 aromatic carbocycles. The zero-order valence-electron chi connectivity index (χ0n) is 12.5. The van der Waals surface area contributed by atoms with Crippen LogP contribution in [0.25, 0.3) is 0 Å². The summed E-state index contributed by atoms with van der Waals surface area (Å²) in [4.78, 5) is 24.0. The van der Waals surface area contributed by atoms with Gasteiger partial charge in [0.1, 0.15) is 0 Å². The first-order valence-corrected chi connectivity index (χ1v) is 7.58. The first-order chi connectivity index (χ1) is 10.7. The maximum absolute atomic E-state index is 12.5. The lowest BCUT2D eigenvalue weighted by atomic mass is 9.69. The highest BCUT2D eigenvalue weighted by Gasteiger charge is 2.47. The Morgan fingerprint density at radius 2 is 2.27 bits per heavy atom. The maximum atomic E-state index is 12.5. The monoisotopic (exact) mass is 297 g/mol. The lowest BCUT2D eigenvalue weighted by Gasteiger charge is -2.32. The number of esters is 1. The topological polar surface area (TPSA) is 55.4 Å². The summed E-state index contributed by atoms with van der Waals surface area (Å²) in [6.07, 6.45) is 8.72. The molecule has 2 aliphatic rings. The Labute approximate surface area is 129 Å². The molecule has 1 aromatic rings. The molecule has 1 amide bonds. The van der Waals surface area contributed by atoms with Crippen molar-refractivity contribution in [3.05, 3.63) is 54.1 Å². The molecule has 1 aliphatic carbocycles. The highest BCUT2D eigenvalue weighted by molar-refractivity contribution is 6.06. The van der Waals surface area contributed by atoms with Gasteiger partial charge < -0.3 is 10.1 Å². The van der Waals surface area contributed by atoms with E-state index in [1.807, 2.05) is 36.4 Å². The molecule has 114 valence electrons. The Morgan fingerprint density at radius 1 is 1.45 bits per heavy atom. The van der Waals surface area contributed by atoms with Crippen molar-refractivity contribution < 1.29 is 14.3 Å². The fraction of sp³-hybridized carbons (Fsp3) is 0.333. The van der Waals surface area contributed by atoms with E-state index >= 15 is 0 Å². The summed E-state index contributed by atoms with van der Waals surface area (Å²) in [6, 6.07) is 7.83. The number of carbonyl (C=O) groups excluding carboxylic acids is 2. The van der Waals surface area contributed by atoms with E-state index in [9.17, 15) is 9.59 Å². The van der Waals surface area contributed by atoms with Crippen LogP contribution in [0.4, 0.5) is 5.69 Å². The number of hydrogen-bond donors (Lipinski definition) is 1. The molecule has 0 fully saturated rings. The summed E-state index contributed by atoms with van der Waals surface area (Å²) >= 11 is 0. The van der Waals surface area contributed by atoms with E-state index in [0.29, 0.717) is 19.4 Å². The van der Waals surface area contributed by atoms with Crippen molar-refractivity contribution in [2.24, 2.45) is 5.92 Å². The molecule has 0 bridgehead atoms. The number of nitrogens with one attached hydrogen (secondary N) is 1. The number of amides is 1. The normalized spacial score (nSPS) is 26.2. The van der Waals surface area contributed by atoms with E-state index in [1.54, 1.807) is 6.92 Å². The van der Waals surface area contributed by atoms with Crippen LogP contribution in [0.3, 0.4) is 0 Å². The van der Waals surface area contributed by atoms with Crippen LogP contribution in [-0.4, -0.2) is 18.5 Å². The third kappa shape index (κ3) is 2.45. The number of carbonyl (C=O) groups is 2. The molecule has 0 aromatic heterocycles. The van der Waals surface area contributed by atoms with Gasteiger partial charge in [0.2, 0.25) is 5.91 Å². The lowest BCUT2D eigenvalue weighted by Crippen LogP contribution is -2.37. The second-order valence-corrected chi connectivity index (χ2v) is 5.69. The number of allylic oxidation sites excluding steroid dienone is 3. The van der Waals surface area contributed by atoms with Crippen molar-refractivity contribution in [1.82, 2.24) is 0 Å². The smallest absolute Gasteiger partial charge is 0.330 e.